The zero-order chi connectivity index (χ0) is 17.9. The van der Waals surface area contributed by atoms with E-state index in [1.807, 2.05) is 11.0 Å². The van der Waals surface area contributed by atoms with Crippen molar-refractivity contribution in [2.75, 3.05) is 13.1 Å². The number of fused-ring (bicyclic) bond motifs is 1. The van der Waals surface area contributed by atoms with Gasteiger partial charge in [0.2, 0.25) is 0 Å². The van der Waals surface area contributed by atoms with Crippen LogP contribution in [0.15, 0.2) is 10.9 Å². The number of rotatable bonds is 2. The summed E-state index contributed by atoms with van der Waals surface area (Å²) >= 11 is 0. The number of hydrogen-bond donors (Lipinski definition) is 2. The van der Waals surface area contributed by atoms with Crippen molar-refractivity contribution in [2.45, 2.75) is 45.1 Å². The van der Waals surface area contributed by atoms with Crippen molar-refractivity contribution in [3.63, 3.8) is 0 Å². The van der Waals surface area contributed by atoms with Gasteiger partial charge in [-0.3, -0.25) is 19.4 Å². The smallest absolute Gasteiger partial charge is 0.274 e. The topological polar surface area (TPSA) is 97.0 Å². The van der Waals surface area contributed by atoms with Crippen LogP contribution in [-0.2, 0) is 7.05 Å². The molecule has 0 bridgehead atoms. The number of nitrogens with zero attached hydrogens (tertiary/aromatic N) is 3. The first-order chi connectivity index (χ1) is 11.8. The van der Waals surface area contributed by atoms with Gasteiger partial charge in [0.1, 0.15) is 0 Å². The van der Waals surface area contributed by atoms with E-state index >= 15 is 0 Å². The van der Waals surface area contributed by atoms with Gasteiger partial charge in [0.25, 0.3) is 11.5 Å². The molecule has 3 heterocycles. The minimum Gasteiger partial charge on any atom is -0.338 e. The molecule has 2 aromatic heterocycles. The Bertz CT molecular complexity index is 916. The fraction of sp³-hybridized carbons (Fsp3) is 0.611. The Morgan fingerprint density at radius 3 is 2.56 bits per heavy atom. The van der Waals surface area contributed by atoms with Crippen LogP contribution in [0, 0.1) is 5.41 Å². The maximum Gasteiger partial charge on any atom is 0.274 e. The molecule has 1 unspecified atom stereocenters. The van der Waals surface area contributed by atoms with Gasteiger partial charge < -0.3 is 10.6 Å². The maximum absolute atomic E-state index is 13.3. The van der Waals surface area contributed by atoms with Crippen molar-refractivity contribution in [3.8, 4) is 0 Å². The third-order valence-corrected chi connectivity index (χ3v) is 5.66. The van der Waals surface area contributed by atoms with Crippen LogP contribution >= 0.6 is 24.8 Å². The number of likely N-dealkylation sites (tertiary alicyclic amines) is 1. The summed E-state index contributed by atoms with van der Waals surface area (Å²) in [5.41, 5.74) is 7.75. The van der Waals surface area contributed by atoms with E-state index in [-0.39, 0.29) is 47.7 Å². The molecule has 3 N–H and O–H groups in total. The molecule has 27 heavy (non-hydrogen) atoms. The molecule has 2 aromatic rings. The quantitative estimate of drug-likeness (QED) is 0.784. The number of H-pyrrole nitrogens is 1. The second kappa shape index (κ2) is 7.45. The molecule has 0 aromatic carbocycles. The lowest BCUT2D eigenvalue weighted by Gasteiger charge is -2.42. The number of aromatic nitrogens is 3. The highest BCUT2D eigenvalue weighted by Gasteiger charge is 2.37. The second-order valence-electron chi connectivity index (χ2n) is 8.18. The molecular formula is C18H27Cl2N5O2. The third kappa shape index (κ3) is 3.73. The van der Waals surface area contributed by atoms with Gasteiger partial charge in [0, 0.05) is 37.8 Å². The maximum atomic E-state index is 13.3. The Kier molecular flexibility index (Phi) is 5.99. The minimum absolute atomic E-state index is 0. The molecule has 0 radical (unpaired) electrons. The van der Waals surface area contributed by atoms with Crippen LogP contribution in [0.4, 0.5) is 0 Å². The summed E-state index contributed by atoms with van der Waals surface area (Å²) in [5, 5.41) is 3.12. The van der Waals surface area contributed by atoms with Crippen LogP contribution < -0.4 is 11.3 Å². The van der Waals surface area contributed by atoms with Crippen molar-refractivity contribution in [2.24, 2.45) is 18.2 Å². The van der Waals surface area contributed by atoms with E-state index in [4.69, 9.17) is 5.73 Å². The van der Waals surface area contributed by atoms with Gasteiger partial charge in [-0.25, -0.2) is 4.98 Å². The van der Waals surface area contributed by atoms with Crippen LogP contribution in [0.25, 0.3) is 11.0 Å². The Morgan fingerprint density at radius 1 is 1.30 bits per heavy atom. The van der Waals surface area contributed by atoms with Gasteiger partial charge in [-0.2, -0.15) is 0 Å². The van der Waals surface area contributed by atoms with Crippen LogP contribution in [0.2, 0.25) is 0 Å². The molecule has 2 fully saturated rings. The molecule has 1 atom stereocenters. The van der Waals surface area contributed by atoms with Gasteiger partial charge in [-0.05, 0) is 30.7 Å². The molecule has 150 valence electrons. The molecule has 1 saturated carbocycles. The van der Waals surface area contributed by atoms with E-state index in [2.05, 4.69) is 23.9 Å². The SMILES string of the molecule is Cl.Cl.Cn1[nH]c(=O)c2c(C(=O)N3CCC(N)C(C)(C)C3)cc(C3CC3)nc21. The average molecular weight is 416 g/mol. The first-order valence-corrected chi connectivity index (χ1v) is 8.92. The number of nitrogens with two attached hydrogens (primary N) is 1. The van der Waals surface area contributed by atoms with E-state index < -0.39 is 0 Å². The lowest BCUT2D eigenvalue weighted by atomic mass is 9.79. The fourth-order valence-corrected chi connectivity index (χ4v) is 3.75. The number of amides is 1. The summed E-state index contributed by atoms with van der Waals surface area (Å²) < 4.78 is 1.61. The number of halogens is 2. The number of nitrogens with one attached hydrogen (secondary N) is 1. The van der Waals surface area contributed by atoms with E-state index in [0.717, 1.165) is 25.0 Å². The van der Waals surface area contributed by atoms with E-state index in [9.17, 15) is 9.59 Å². The molecule has 7 nitrogen and oxygen atoms in total. The number of carbonyl (C=O) groups excluding carboxylic acids is 1. The summed E-state index contributed by atoms with van der Waals surface area (Å²) in [7, 11) is 1.75. The van der Waals surface area contributed by atoms with Crippen molar-refractivity contribution in [1.82, 2.24) is 19.7 Å². The minimum atomic E-state index is -0.260. The van der Waals surface area contributed by atoms with Crippen LogP contribution in [0.1, 0.15) is 55.1 Å². The van der Waals surface area contributed by atoms with E-state index in [1.54, 1.807) is 11.7 Å². The number of carbonyl (C=O) groups is 1. The highest BCUT2D eigenvalue weighted by atomic mass is 35.5. The Labute approximate surface area is 170 Å². The van der Waals surface area contributed by atoms with Gasteiger partial charge in [-0.15, -0.1) is 24.8 Å². The van der Waals surface area contributed by atoms with Crippen LogP contribution in [0.5, 0.6) is 0 Å². The van der Waals surface area contributed by atoms with Gasteiger partial charge in [-0.1, -0.05) is 13.8 Å². The number of pyridine rings is 1. The van der Waals surface area contributed by atoms with Crippen molar-refractivity contribution in [3.05, 3.63) is 27.7 Å². The van der Waals surface area contributed by atoms with Gasteiger partial charge in [0.15, 0.2) is 5.65 Å². The van der Waals surface area contributed by atoms with E-state index in [0.29, 0.717) is 35.6 Å². The Morgan fingerprint density at radius 2 is 1.96 bits per heavy atom. The third-order valence-electron chi connectivity index (χ3n) is 5.66. The van der Waals surface area contributed by atoms with Gasteiger partial charge in [0.05, 0.1) is 10.9 Å². The number of aryl methyl sites for hydroxylation is 1. The number of piperidine rings is 1. The Hall–Kier alpha value is -1.57. The molecule has 1 saturated heterocycles. The molecule has 4 rings (SSSR count). The highest BCUT2D eigenvalue weighted by molar-refractivity contribution is 6.05. The van der Waals surface area contributed by atoms with E-state index in [1.165, 1.54) is 0 Å². The largest absolute Gasteiger partial charge is 0.338 e. The van der Waals surface area contributed by atoms with Crippen molar-refractivity contribution >= 4 is 41.8 Å². The second-order valence-corrected chi connectivity index (χ2v) is 8.18. The monoisotopic (exact) mass is 415 g/mol. The number of aromatic amines is 1. The molecular weight excluding hydrogens is 389 g/mol. The van der Waals surface area contributed by atoms with Crippen molar-refractivity contribution < 1.29 is 4.79 Å². The Balaban J connectivity index is 0.00000131. The average Bonchev–Trinajstić information content (AvgIpc) is 3.36. The van der Waals surface area contributed by atoms with Crippen LogP contribution in [0.3, 0.4) is 0 Å². The normalized spacial score (nSPS) is 21.5. The zero-order valence-electron chi connectivity index (χ0n) is 15.8. The predicted octanol–water partition coefficient (Wildman–Crippen LogP) is 2.18. The predicted molar refractivity (Wildman–Crippen MR) is 110 cm³/mol. The van der Waals surface area contributed by atoms with Crippen LogP contribution in [-0.4, -0.2) is 44.7 Å². The summed E-state index contributed by atoms with van der Waals surface area (Å²) in [5.74, 6) is 0.318. The summed E-state index contributed by atoms with van der Waals surface area (Å²) in [4.78, 5) is 32.1. The zero-order valence-corrected chi connectivity index (χ0v) is 17.5. The molecule has 1 aliphatic carbocycles. The first-order valence-electron chi connectivity index (χ1n) is 8.92. The summed E-state index contributed by atoms with van der Waals surface area (Å²) in [6.07, 6.45) is 2.96. The molecule has 0 spiro atoms. The fourth-order valence-electron chi connectivity index (χ4n) is 3.75. The molecule has 1 amide bonds. The molecule has 2 aliphatic rings. The lowest BCUT2D eigenvalue weighted by molar-refractivity contribution is 0.0534. The molecule has 1 aliphatic heterocycles. The van der Waals surface area contributed by atoms with Crippen molar-refractivity contribution in [1.29, 1.82) is 0 Å². The summed E-state index contributed by atoms with van der Waals surface area (Å²) in [6, 6.07) is 1.91. The van der Waals surface area contributed by atoms with Gasteiger partial charge >= 0.3 is 0 Å². The lowest BCUT2D eigenvalue weighted by Crippen LogP contribution is -2.54. The number of hydrogen-bond acceptors (Lipinski definition) is 4. The standard InChI is InChI=1S/C18H25N5O2.2ClH/c1-18(2)9-23(7-6-13(18)19)17(25)11-8-12(10-4-5-10)20-15-14(11)16(24)21-22(15)3;;/h8,10,13H,4-7,9,19H2,1-3H3,(H,21,24);2*1H. The summed E-state index contributed by atoms with van der Waals surface area (Å²) in [6.45, 7) is 5.39. The first kappa shape index (κ1) is 21.7. The molecule has 9 heteroatoms. The highest BCUT2D eigenvalue weighted by Crippen LogP contribution is 2.40.